The van der Waals surface area contributed by atoms with E-state index in [0.29, 0.717) is 32.7 Å². The van der Waals surface area contributed by atoms with Gasteiger partial charge >= 0.3 is 6.03 Å². The van der Waals surface area contributed by atoms with Gasteiger partial charge in [-0.1, -0.05) is 18.2 Å². The van der Waals surface area contributed by atoms with E-state index < -0.39 is 0 Å². The maximum Gasteiger partial charge on any atom is 0.317 e. The van der Waals surface area contributed by atoms with Crippen LogP contribution >= 0.6 is 0 Å². The predicted molar refractivity (Wildman–Crippen MR) is 94.2 cm³/mol. The van der Waals surface area contributed by atoms with Crippen molar-refractivity contribution in [1.29, 1.82) is 0 Å². The van der Waals surface area contributed by atoms with E-state index >= 15 is 0 Å². The number of rotatable bonds is 3. The van der Waals surface area contributed by atoms with Crippen molar-refractivity contribution in [3.63, 3.8) is 0 Å². The highest BCUT2D eigenvalue weighted by molar-refractivity contribution is 5.75. The number of hydrogen-bond donors (Lipinski definition) is 1. The Morgan fingerprint density at radius 3 is 2.56 bits per heavy atom. The van der Waals surface area contributed by atoms with Crippen LogP contribution in [0.5, 0.6) is 0 Å². The van der Waals surface area contributed by atoms with Crippen LogP contribution in [0.15, 0.2) is 42.7 Å². The first-order valence-electron chi connectivity index (χ1n) is 8.51. The number of urea groups is 1. The fourth-order valence-electron chi connectivity index (χ4n) is 2.90. The van der Waals surface area contributed by atoms with Crippen molar-refractivity contribution in [3.05, 3.63) is 48.3 Å². The molecule has 0 radical (unpaired) electrons. The maximum atomic E-state index is 12.4. The summed E-state index contributed by atoms with van der Waals surface area (Å²) in [7, 11) is 0. The molecule has 0 aliphatic carbocycles. The molecule has 1 saturated heterocycles. The first-order chi connectivity index (χ1) is 12.1. The number of carbonyl (C=O) groups excluding carboxylic acids is 2. The van der Waals surface area contributed by atoms with E-state index in [2.05, 4.69) is 10.4 Å². The Kier molecular flexibility index (Phi) is 5.33. The lowest BCUT2D eigenvalue weighted by molar-refractivity contribution is -0.128. The molecule has 7 nitrogen and oxygen atoms in total. The zero-order valence-electron chi connectivity index (χ0n) is 14.4. The van der Waals surface area contributed by atoms with Crippen LogP contribution in [0.1, 0.15) is 18.9 Å². The molecule has 3 amide bonds. The average Bonchev–Trinajstić information content (AvgIpc) is 2.95. The van der Waals surface area contributed by atoms with E-state index in [1.807, 2.05) is 36.5 Å². The summed E-state index contributed by atoms with van der Waals surface area (Å²) >= 11 is 0. The van der Waals surface area contributed by atoms with Gasteiger partial charge < -0.3 is 15.1 Å². The van der Waals surface area contributed by atoms with E-state index in [9.17, 15) is 9.59 Å². The molecule has 2 heterocycles. The van der Waals surface area contributed by atoms with Crippen LogP contribution in [0.2, 0.25) is 0 Å². The first-order valence-corrected chi connectivity index (χ1v) is 8.51. The third-order valence-electron chi connectivity index (χ3n) is 4.33. The smallest absolute Gasteiger partial charge is 0.317 e. The van der Waals surface area contributed by atoms with E-state index in [4.69, 9.17) is 0 Å². The Balaban J connectivity index is 1.52. The van der Waals surface area contributed by atoms with Gasteiger partial charge in [-0.05, 0) is 18.6 Å². The van der Waals surface area contributed by atoms with Crippen LogP contribution in [0.4, 0.5) is 4.79 Å². The Hall–Kier alpha value is -2.83. The van der Waals surface area contributed by atoms with Gasteiger partial charge in [-0.3, -0.25) is 4.79 Å². The summed E-state index contributed by atoms with van der Waals surface area (Å²) in [6.07, 6.45) is 4.47. The van der Waals surface area contributed by atoms with Crippen molar-refractivity contribution in [2.75, 3.05) is 26.2 Å². The number of hydrogen-bond acceptors (Lipinski definition) is 3. The number of nitrogens with zero attached hydrogens (tertiary/aromatic N) is 4. The summed E-state index contributed by atoms with van der Waals surface area (Å²) < 4.78 is 1.79. The van der Waals surface area contributed by atoms with E-state index in [1.54, 1.807) is 27.6 Å². The molecule has 0 saturated carbocycles. The zero-order valence-corrected chi connectivity index (χ0v) is 14.4. The summed E-state index contributed by atoms with van der Waals surface area (Å²) in [5, 5.41) is 7.26. The molecule has 0 atom stereocenters. The highest BCUT2D eigenvalue weighted by Crippen LogP contribution is 2.08. The van der Waals surface area contributed by atoms with Crippen molar-refractivity contribution >= 4 is 11.9 Å². The van der Waals surface area contributed by atoms with Gasteiger partial charge in [0.25, 0.3) is 0 Å². The lowest BCUT2D eigenvalue weighted by Gasteiger charge is -2.21. The molecule has 1 aliphatic heterocycles. The van der Waals surface area contributed by atoms with Crippen LogP contribution in [0.25, 0.3) is 5.69 Å². The van der Waals surface area contributed by atoms with E-state index in [0.717, 1.165) is 17.7 Å². The molecule has 0 unspecified atom stereocenters. The van der Waals surface area contributed by atoms with Crippen LogP contribution in [-0.2, 0) is 11.3 Å². The second-order valence-corrected chi connectivity index (χ2v) is 6.13. The minimum atomic E-state index is -0.0992. The number of benzene rings is 1. The van der Waals surface area contributed by atoms with E-state index in [1.165, 1.54) is 0 Å². The molecule has 1 aromatic heterocycles. The topological polar surface area (TPSA) is 70.5 Å². The Morgan fingerprint density at radius 1 is 1.08 bits per heavy atom. The monoisotopic (exact) mass is 341 g/mol. The largest absolute Gasteiger partial charge is 0.341 e. The number of amides is 3. The molecule has 1 aromatic carbocycles. The van der Waals surface area contributed by atoms with Crippen LogP contribution < -0.4 is 5.32 Å². The maximum absolute atomic E-state index is 12.4. The molecular formula is C18H23N5O2. The zero-order chi connectivity index (χ0) is 17.6. The number of nitrogens with one attached hydrogen (secondary N) is 1. The normalized spacial score (nSPS) is 14.9. The van der Waals surface area contributed by atoms with Gasteiger partial charge in [0, 0.05) is 51.4 Å². The standard InChI is InChI=1S/C18H23N5O2/c1-15(24)21-8-5-9-22(11-10-21)18(25)19-12-16-13-20-23(14-16)17-6-3-2-4-7-17/h2-4,6-7,13-14H,5,8-12H2,1H3,(H,19,25). The molecule has 1 fully saturated rings. The Labute approximate surface area is 147 Å². The van der Waals surface area contributed by atoms with Gasteiger partial charge in [-0.15, -0.1) is 0 Å². The summed E-state index contributed by atoms with van der Waals surface area (Å²) in [4.78, 5) is 27.4. The molecule has 25 heavy (non-hydrogen) atoms. The fourth-order valence-corrected chi connectivity index (χ4v) is 2.90. The fraction of sp³-hybridized carbons (Fsp3) is 0.389. The van der Waals surface area contributed by atoms with Gasteiger partial charge in [0.15, 0.2) is 0 Å². The molecule has 132 valence electrons. The molecular weight excluding hydrogens is 318 g/mol. The average molecular weight is 341 g/mol. The Morgan fingerprint density at radius 2 is 1.80 bits per heavy atom. The predicted octanol–water partition coefficient (Wildman–Crippen LogP) is 1.64. The van der Waals surface area contributed by atoms with Crippen molar-refractivity contribution < 1.29 is 9.59 Å². The van der Waals surface area contributed by atoms with Gasteiger partial charge in [-0.25, -0.2) is 9.48 Å². The van der Waals surface area contributed by atoms with Crippen LogP contribution in [0, 0.1) is 0 Å². The second-order valence-electron chi connectivity index (χ2n) is 6.13. The highest BCUT2D eigenvalue weighted by atomic mass is 16.2. The van der Waals surface area contributed by atoms with Crippen molar-refractivity contribution in [2.45, 2.75) is 19.9 Å². The summed E-state index contributed by atoms with van der Waals surface area (Å²) in [6, 6.07) is 9.74. The van der Waals surface area contributed by atoms with Gasteiger partial charge in [-0.2, -0.15) is 5.10 Å². The number of para-hydroxylation sites is 1. The molecule has 1 aliphatic rings. The van der Waals surface area contributed by atoms with Crippen LogP contribution in [-0.4, -0.2) is 57.7 Å². The minimum Gasteiger partial charge on any atom is -0.341 e. The molecule has 0 spiro atoms. The quantitative estimate of drug-likeness (QED) is 0.922. The molecule has 3 rings (SSSR count). The minimum absolute atomic E-state index is 0.0654. The third kappa shape index (κ3) is 4.37. The van der Waals surface area contributed by atoms with Gasteiger partial charge in [0.2, 0.25) is 5.91 Å². The third-order valence-corrected chi connectivity index (χ3v) is 4.33. The number of carbonyl (C=O) groups is 2. The first kappa shape index (κ1) is 17.0. The SMILES string of the molecule is CC(=O)N1CCCN(C(=O)NCc2cnn(-c3ccccc3)c2)CC1. The van der Waals surface area contributed by atoms with E-state index in [-0.39, 0.29) is 11.9 Å². The summed E-state index contributed by atoms with van der Waals surface area (Å²) in [6.45, 7) is 4.53. The van der Waals surface area contributed by atoms with Crippen molar-refractivity contribution in [3.8, 4) is 5.69 Å². The molecule has 1 N–H and O–H groups in total. The summed E-state index contributed by atoms with van der Waals surface area (Å²) in [5.41, 5.74) is 1.93. The molecule has 2 aromatic rings. The Bertz CT molecular complexity index is 728. The lowest BCUT2D eigenvalue weighted by Crippen LogP contribution is -2.42. The van der Waals surface area contributed by atoms with Gasteiger partial charge in [0.1, 0.15) is 0 Å². The highest BCUT2D eigenvalue weighted by Gasteiger charge is 2.20. The van der Waals surface area contributed by atoms with Crippen LogP contribution in [0.3, 0.4) is 0 Å². The summed E-state index contributed by atoms with van der Waals surface area (Å²) in [5.74, 6) is 0.0654. The second kappa shape index (κ2) is 7.83. The molecule has 0 bridgehead atoms. The van der Waals surface area contributed by atoms with Gasteiger partial charge in [0.05, 0.1) is 11.9 Å². The van der Waals surface area contributed by atoms with Crippen molar-refractivity contribution in [1.82, 2.24) is 24.9 Å². The lowest BCUT2D eigenvalue weighted by atomic mass is 10.3. The molecule has 7 heteroatoms. The van der Waals surface area contributed by atoms with Crippen molar-refractivity contribution in [2.24, 2.45) is 0 Å². The number of aromatic nitrogens is 2.